The van der Waals surface area contributed by atoms with Crippen molar-refractivity contribution in [3.05, 3.63) is 35.4 Å². The molecule has 0 fully saturated rings. The van der Waals surface area contributed by atoms with E-state index >= 15 is 0 Å². The Balaban J connectivity index is 2.85. The fraction of sp³-hybridized carbons (Fsp3) is 0.462. The molecule has 1 rings (SSSR count). The van der Waals surface area contributed by atoms with Crippen molar-refractivity contribution in [3.8, 4) is 0 Å². The Bertz CT molecular complexity index is 344. The lowest BCUT2D eigenvalue weighted by atomic mass is 9.93. The standard InChI is InChI=1S/C13H17ClO/c1-9(2)11-5-4-6-12(8-11)10(3)7-13(14)15/h4-6,8-10H,7H2,1-3H3. The minimum atomic E-state index is -0.266. The molecule has 0 N–H and O–H groups in total. The topological polar surface area (TPSA) is 17.1 Å². The fourth-order valence-electron chi connectivity index (χ4n) is 1.58. The fourth-order valence-corrected chi connectivity index (χ4v) is 1.81. The van der Waals surface area contributed by atoms with Gasteiger partial charge in [0.1, 0.15) is 0 Å². The van der Waals surface area contributed by atoms with Crippen molar-refractivity contribution in [3.63, 3.8) is 0 Å². The number of rotatable bonds is 4. The molecule has 0 aliphatic rings. The van der Waals surface area contributed by atoms with E-state index in [9.17, 15) is 4.79 Å². The van der Waals surface area contributed by atoms with E-state index in [0.29, 0.717) is 12.3 Å². The highest BCUT2D eigenvalue weighted by molar-refractivity contribution is 6.63. The monoisotopic (exact) mass is 224 g/mol. The third-order valence-electron chi connectivity index (χ3n) is 2.61. The summed E-state index contributed by atoms with van der Waals surface area (Å²) < 4.78 is 0. The van der Waals surface area contributed by atoms with E-state index in [0.717, 1.165) is 0 Å². The van der Waals surface area contributed by atoms with Crippen LogP contribution in [0.15, 0.2) is 24.3 Å². The van der Waals surface area contributed by atoms with Crippen molar-refractivity contribution in [2.24, 2.45) is 0 Å². The number of halogens is 1. The molecule has 2 heteroatoms. The van der Waals surface area contributed by atoms with Crippen molar-refractivity contribution in [2.75, 3.05) is 0 Å². The highest BCUT2D eigenvalue weighted by Gasteiger charge is 2.10. The molecule has 0 spiro atoms. The zero-order valence-electron chi connectivity index (χ0n) is 9.46. The van der Waals surface area contributed by atoms with Gasteiger partial charge < -0.3 is 0 Å². The molecule has 1 nitrogen and oxygen atoms in total. The van der Waals surface area contributed by atoms with E-state index in [1.165, 1.54) is 11.1 Å². The van der Waals surface area contributed by atoms with Crippen LogP contribution in [0.3, 0.4) is 0 Å². The van der Waals surface area contributed by atoms with E-state index in [1.54, 1.807) is 0 Å². The van der Waals surface area contributed by atoms with Gasteiger partial charge in [0.2, 0.25) is 5.24 Å². The first kappa shape index (κ1) is 12.3. The summed E-state index contributed by atoms with van der Waals surface area (Å²) in [6.45, 7) is 6.35. The highest BCUT2D eigenvalue weighted by atomic mass is 35.5. The minimum absolute atomic E-state index is 0.202. The summed E-state index contributed by atoms with van der Waals surface area (Å²) in [4.78, 5) is 10.8. The molecule has 15 heavy (non-hydrogen) atoms. The highest BCUT2D eigenvalue weighted by Crippen LogP contribution is 2.23. The van der Waals surface area contributed by atoms with Gasteiger partial charge in [-0.1, -0.05) is 45.0 Å². The van der Waals surface area contributed by atoms with Gasteiger partial charge in [0, 0.05) is 6.42 Å². The first-order valence-corrected chi connectivity index (χ1v) is 5.66. The summed E-state index contributed by atoms with van der Waals surface area (Å²) in [6.07, 6.45) is 0.406. The first-order valence-electron chi connectivity index (χ1n) is 5.29. The molecule has 1 atom stereocenters. The molecule has 0 heterocycles. The molecule has 1 aromatic carbocycles. The van der Waals surface area contributed by atoms with Gasteiger partial charge in [-0.05, 0) is 34.6 Å². The Labute approximate surface area is 96.5 Å². The molecule has 0 radical (unpaired) electrons. The van der Waals surface area contributed by atoms with Gasteiger partial charge in [-0.15, -0.1) is 0 Å². The second kappa shape index (κ2) is 5.32. The normalized spacial score (nSPS) is 12.9. The summed E-state index contributed by atoms with van der Waals surface area (Å²) in [5.74, 6) is 0.720. The number of hydrogen-bond acceptors (Lipinski definition) is 1. The van der Waals surface area contributed by atoms with Crippen LogP contribution >= 0.6 is 11.6 Å². The number of benzene rings is 1. The average molecular weight is 225 g/mol. The van der Waals surface area contributed by atoms with Crippen LogP contribution in [0.2, 0.25) is 0 Å². The number of hydrogen-bond donors (Lipinski definition) is 0. The lowest BCUT2D eigenvalue weighted by Crippen LogP contribution is -1.99. The summed E-state index contributed by atoms with van der Waals surface area (Å²) in [7, 11) is 0. The van der Waals surface area contributed by atoms with E-state index in [1.807, 2.05) is 13.0 Å². The Kier molecular flexibility index (Phi) is 4.34. The summed E-state index contributed by atoms with van der Waals surface area (Å²) in [5, 5.41) is -0.266. The first-order chi connectivity index (χ1) is 7.00. The zero-order valence-corrected chi connectivity index (χ0v) is 10.2. The molecule has 82 valence electrons. The van der Waals surface area contributed by atoms with E-state index in [2.05, 4.69) is 32.0 Å². The van der Waals surface area contributed by atoms with Crippen LogP contribution < -0.4 is 0 Å². The lowest BCUT2D eigenvalue weighted by Gasteiger charge is -2.12. The third-order valence-corrected chi connectivity index (χ3v) is 2.77. The predicted octanol–water partition coefficient (Wildman–Crippen LogP) is 4.07. The lowest BCUT2D eigenvalue weighted by molar-refractivity contribution is -0.111. The van der Waals surface area contributed by atoms with Crippen molar-refractivity contribution < 1.29 is 4.79 Å². The quantitative estimate of drug-likeness (QED) is 0.705. The van der Waals surface area contributed by atoms with Gasteiger partial charge >= 0.3 is 0 Å². The van der Waals surface area contributed by atoms with Crippen LogP contribution in [0.5, 0.6) is 0 Å². The van der Waals surface area contributed by atoms with Crippen molar-refractivity contribution in [1.29, 1.82) is 0 Å². The second-order valence-corrected chi connectivity index (χ2v) is 4.71. The molecule has 0 aromatic heterocycles. The molecule has 1 unspecified atom stereocenters. The maximum atomic E-state index is 10.8. The molecular formula is C13H17ClO. The second-order valence-electron chi connectivity index (χ2n) is 4.29. The molecule has 0 bridgehead atoms. The smallest absolute Gasteiger partial charge is 0.222 e. The van der Waals surface area contributed by atoms with Crippen LogP contribution in [0.1, 0.15) is 50.2 Å². The maximum absolute atomic E-state index is 10.8. The van der Waals surface area contributed by atoms with E-state index < -0.39 is 0 Å². The van der Waals surface area contributed by atoms with Gasteiger partial charge in [-0.3, -0.25) is 4.79 Å². The Morgan fingerprint density at radius 1 is 1.27 bits per heavy atom. The molecule has 0 aliphatic carbocycles. The van der Waals surface area contributed by atoms with Crippen LogP contribution in [0.4, 0.5) is 0 Å². The summed E-state index contributed by atoms with van der Waals surface area (Å²) in [5.41, 5.74) is 2.50. The van der Waals surface area contributed by atoms with Gasteiger partial charge in [-0.2, -0.15) is 0 Å². The summed E-state index contributed by atoms with van der Waals surface area (Å²) in [6, 6.07) is 8.37. The minimum Gasteiger partial charge on any atom is -0.281 e. The largest absolute Gasteiger partial charge is 0.281 e. The Hall–Kier alpha value is -0.820. The average Bonchev–Trinajstić information content (AvgIpc) is 2.17. The summed E-state index contributed by atoms with van der Waals surface area (Å²) >= 11 is 5.39. The molecule has 0 saturated heterocycles. The van der Waals surface area contributed by atoms with Gasteiger partial charge in [0.15, 0.2) is 0 Å². The number of carbonyl (C=O) groups excluding carboxylic acids is 1. The van der Waals surface area contributed by atoms with Crippen molar-refractivity contribution >= 4 is 16.8 Å². The number of carbonyl (C=O) groups is 1. The molecule has 0 saturated carbocycles. The zero-order chi connectivity index (χ0) is 11.4. The van der Waals surface area contributed by atoms with Gasteiger partial charge in [0.25, 0.3) is 0 Å². The Morgan fingerprint density at radius 2 is 1.87 bits per heavy atom. The SMILES string of the molecule is CC(C)c1cccc(C(C)CC(=O)Cl)c1. The third kappa shape index (κ3) is 3.67. The van der Waals surface area contributed by atoms with Crippen LogP contribution in [-0.2, 0) is 4.79 Å². The van der Waals surface area contributed by atoms with Crippen LogP contribution in [-0.4, -0.2) is 5.24 Å². The van der Waals surface area contributed by atoms with Gasteiger partial charge in [-0.25, -0.2) is 0 Å². The van der Waals surface area contributed by atoms with Crippen molar-refractivity contribution in [1.82, 2.24) is 0 Å². The molecular weight excluding hydrogens is 208 g/mol. The molecule has 0 amide bonds. The van der Waals surface area contributed by atoms with Crippen molar-refractivity contribution in [2.45, 2.75) is 39.0 Å². The molecule has 1 aromatic rings. The van der Waals surface area contributed by atoms with E-state index in [4.69, 9.17) is 11.6 Å². The maximum Gasteiger partial charge on any atom is 0.222 e. The van der Waals surface area contributed by atoms with Crippen LogP contribution in [0.25, 0.3) is 0 Å². The van der Waals surface area contributed by atoms with Gasteiger partial charge in [0.05, 0.1) is 0 Å². The van der Waals surface area contributed by atoms with Crippen LogP contribution in [0, 0.1) is 0 Å². The molecule has 0 aliphatic heterocycles. The van der Waals surface area contributed by atoms with E-state index in [-0.39, 0.29) is 11.2 Å². The Morgan fingerprint density at radius 3 is 2.40 bits per heavy atom. The predicted molar refractivity (Wildman–Crippen MR) is 64.4 cm³/mol.